The standard InChI is InChI=1S/C20H22N4O2S.HI/c1-25-17-9-8-14(10-18(17)26-2)11-22-20(21)23-12-19-24-16(13-27-19)15-6-4-3-5-7-15;/h3-10,13H,11-12H2,1-2H3,(H3,21,22,23);1H. The van der Waals surface area contributed by atoms with Gasteiger partial charge in [0, 0.05) is 10.9 Å². The summed E-state index contributed by atoms with van der Waals surface area (Å²) < 4.78 is 10.5. The van der Waals surface area contributed by atoms with Gasteiger partial charge in [-0.3, -0.25) is 0 Å². The predicted molar refractivity (Wildman–Crippen MR) is 125 cm³/mol. The van der Waals surface area contributed by atoms with Crippen molar-refractivity contribution in [3.8, 4) is 22.8 Å². The van der Waals surface area contributed by atoms with E-state index in [1.54, 1.807) is 25.6 Å². The molecule has 0 radical (unpaired) electrons. The number of nitrogens with two attached hydrogens (primary N) is 1. The first-order valence-electron chi connectivity index (χ1n) is 8.44. The van der Waals surface area contributed by atoms with Crippen LogP contribution in [0.25, 0.3) is 11.3 Å². The molecule has 6 nitrogen and oxygen atoms in total. The van der Waals surface area contributed by atoms with Crippen LogP contribution in [0, 0.1) is 0 Å². The first-order valence-corrected chi connectivity index (χ1v) is 9.32. The minimum atomic E-state index is 0. The minimum Gasteiger partial charge on any atom is -0.493 e. The number of aliphatic imine (C=N–C) groups is 1. The second-order valence-corrected chi connectivity index (χ2v) is 6.68. The topological polar surface area (TPSA) is 81.8 Å². The summed E-state index contributed by atoms with van der Waals surface area (Å²) in [5.74, 6) is 1.74. The van der Waals surface area contributed by atoms with Gasteiger partial charge in [-0.25, -0.2) is 9.98 Å². The summed E-state index contributed by atoms with van der Waals surface area (Å²) in [6.45, 7) is 0.991. The molecule has 3 rings (SSSR count). The van der Waals surface area contributed by atoms with E-state index in [2.05, 4.69) is 15.3 Å². The molecule has 3 aromatic rings. The predicted octanol–water partition coefficient (Wildman–Crippen LogP) is 4.05. The SMILES string of the molecule is COc1ccc(CN=C(N)NCc2nc(-c3ccccc3)cs2)cc1OC.I. The molecule has 0 spiro atoms. The van der Waals surface area contributed by atoms with Gasteiger partial charge in [0.05, 0.1) is 33.0 Å². The lowest BCUT2D eigenvalue weighted by molar-refractivity contribution is 0.354. The molecule has 0 amide bonds. The Bertz CT molecular complexity index is 916. The maximum atomic E-state index is 5.97. The van der Waals surface area contributed by atoms with Gasteiger partial charge in [0.1, 0.15) is 5.01 Å². The summed E-state index contributed by atoms with van der Waals surface area (Å²) in [5, 5.41) is 6.11. The van der Waals surface area contributed by atoms with Gasteiger partial charge in [0.2, 0.25) is 0 Å². The zero-order valence-corrected chi connectivity index (χ0v) is 18.9. The fraction of sp³-hybridized carbons (Fsp3) is 0.200. The fourth-order valence-electron chi connectivity index (χ4n) is 2.51. The third-order valence-electron chi connectivity index (χ3n) is 3.92. The van der Waals surface area contributed by atoms with Crippen molar-refractivity contribution in [2.75, 3.05) is 14.2 Å². The molecule has 0 aliphatic carbocycles. The largest absolute Gasteiger partial charge is 0.493 e. The van der Waals surface area contributed by atoms with Crippen molar-refractivity contribution in [1.82, 2.24) is 10.3 Å². The summed E-state index contributed by atoms with van der Waals surface area (Å²) in [6, 6.07) is 15.8. The number of aromatic nitrogens is 1. The lowest BCUT2D eigenvalue weighted by Gasteiger charge is -2.09. The number of thiazole rings is 1. The third kappa shape index (κ3) is 5.83. The Morgan fingerprint density at radius 2 is 1.86 bits per heavy atom. The van der Waals surface area contributed by atoms with Crippen LogP contribution in [0.2, 0.25) is 0 Å². The van der Waals surface area contributed by atoms with Crippen LogP contribution in [-0.4, -0.2) is 25.2 Å². The molecule has 0 atom stereocenters. The Morgan fingerprint density at radius 1 is 1.11 bits per heavy atom. The van der Waals surface area contributed by atoms with Crippen molar-refractivity contribution in [1.29, 1.82) is 0 Å². The number of guanidine groups is 1. The molecule has 1 heterocycles. The molecular formula is C20H23IN4O2S. The molecule has 148 valence electrons. The Balaban J connectivity index is 0.00000280. The summed E-state index contributed by atoms with van der Waals surface area (Å²) in [6.07, 6.45) is 0. The molecular weight excluding hydrogens is 487 g/mol. The number of nitrogens with one attached hydrogen (secondary N) is 1. The van der Waals surface area contributed by atoms with Crippen LogP contribution in [0.3, 0.4) is 0 Å². The van der Waals surface area contributed by atoms with Crippen molar-refractivity contribution >= 4 is 41.3 Å². The van der Waals surface area contributed by atoms with Crippen LogP contribution in [-0.2, 0) is 13.1 Å². The molecule has 2 aromatic carbocycles. The van der Waals surface area contributed by atoms with Crippen LogP contribution in [0.1, 0.15) is 10.6 Å². The monoisotopic (exact) mass is 510 g/mol. The molecule has 0 bridgehead atoms. The maximum Gasteiger partial charge on any atom is 0.189 e. The first-order chi connectivity index (χ1) is 13.2. The van der Waals surface area contributed by atoms with E-state index in [-0.39, 0.29) is 24.0 Å². The van der Waals surface area contributed by atoms with Gasteiger partial charge in [-0.05, 0) is 17.7 Å². The smallest absolute Gasteiger partial charge is 0.189 e. The van der Waals surface area contributed by atoms with Crippen LogP contribution < -0.4 is 20.5 Å². The van der Waals surface area contributed by atoms with Crippen LogP contribution >= 0.6 is 35.3 Å². The number of benzene rings is 2. The number of nitrogens with zero attached hydrogens (tertiary/aromatic N) is 2. The highest BCUT2D eigenvalue weighted by Gasteiger charge is 2.06. The van der Waals surface area contributed by atoms with Crippen LogP contribution in [0.4, 0.5) is 0 Å². The van der Waals surface area contributed by atoms with E-state index in [4.69, 9.17) is 15.2 Å². The highest BCUT2D eigenvalue weighted by molar-refractivity contribution is 14.0. The zero-order chi connectivity index (χ0) is 19.1. The molecule has 0 unspecified atom stereocenters. The van der Waals surface area contributed by atoms with Gasteiger partial charge in [0.15, 0.2) is 17.5 Å². The van der Waals surface area contributed by atoms with Gasteiger partial charge in [0.25, 0.3) is 0 Å². The van der Waals surface area contributed by atoms with E-state index in [9.17, 15) is 0 Å². The molecule has 28 heavy (non-hydrogen) atoms. The molecule has 0 saturated heterocycles. The summed E-state index contributed by atoms with van der Waals surface area (Å²) >= 11 is 1.60. The molecule has 0 fully saturated rings. The van der Waals surface area contributed by atoms with Gasteiger partial charge in [-0.15, -0.1) is 35.3 Å². The Morgan fingerprint density at radius 3 is 2.57 bits per heavy atom. The average molecular weight is 510 g/mol. The molecule has 0 saturated carbocycles. The fourth-order valence-corrected chi connectivity index (χ4v) is 3.25. The minimum absolute atomic E-state index is 0. The summed E-state index contributed by atoms with van der Waals surface area (Å²) in [4.78, 5) is 9.00. The number of ether oxygens (including phenoxy) is 2. The van der Waals surface area contributed by atoms with E-state index in [1.807, 2.05) is 53.9 Å². The first kappa shape index (κ1) is 22.0. The van der Waals surface area contributed by atoms with Gasteiger partial charge < -0.3 is 20.5 Å². The van der Waals surface area contributed by atoms with E-state index in [0.717, 1.165) is 21.8 Å². The van der Waals surface area contributed by atoms with Gasteiger partial charge in [-0.1, -0.05) is 36.4 Å². The van der Waals surface area contributed by atoms with E-state index < -0.39 is 0 Å². The van der Waals surface area contributed by atoms with Crippen molar-refractivity contribution in [3.05, 3.63) is 64.5 Å². The Labute approximate surface area is 185 Å². The van der Waals surface area contributed by atoms with Crippen LogP contribution in [0.5, 0.6) is 11.5 Å². The number of halogens is 1. The lowest BCUT2D eigenvalue weighted by Crippen LogP contribution is -2.31. The molecule has 1 aromatic heterocycles. The highest BCUT2D eigenvalue weighted by Crippen LogP contribution is 2.27. The number of methoxy groups -OCH3 is 2. The lowest BCUT2D eigenvalue weighted by atomic mass is 10.2. The number of hydrogen-bond acceptors (Lipinski definition) is 5. The quantitative estimate of drug-likeness (QED) is 0.285. The average Bonchev–Trinajstić information content (AvgIpc) is 3.20. The number of rotatable bonds is 7. The number of hydrogen-bond donors (Lipinski definition) is 2. The van der Waals surface area contributed by atoms with E-state index >= 15 is 0 Å². The van der Waals surface area contributed by atoms with E-state index in [1.165, 1.54) is 0 Å². The van der Waals surface area contributed by atoms with Gasteiger partial charge in [-0.2, -0.15) is 0 Å². The molecule has 0 aliphatic rings. The van der Waals surface area contributed by atoms with Crippen molar-refractivity contribution in [3.63, 3.8) is 0 Å². The van der Waals surface area contributed by atoms with Crippen molar-refractivity contribution in [2.24, 2.45) is 10.7 Å². The maximum absolute atomic E-state index is 5.97. The van der Waals surface area contributed by atoms with Crippen molar-refractivity contribution in [2.45, 2.75) is 13.1 Å². The van der Waals surface area contributed by atoms with E-state index in [0.29, 0.717) is 30.5 Å². The van der Waals surface area contributed by atoms with Crippen molar-refractivity contribution < 1.29 is 9.47 Å². The van der Waals surface area contributed by atoms with Gasteiger partial charge >= 0.3 is 0 Å². The Kier molecular flexibility index (Phi) is 8.52. The highest BCUT2D eigenvalue weighted by atomic mass is 127. The third-order valence-corrected chi connectivity index (χ3v) is 4.77. The summed E-state index contributed by atoms with van der Waals surface area (Å²) in [5.41, 5.74) is 9.04. The normalized spacial score (nSPS) is 10.9. The van der Waals surface area contributed by atoms with Crippen LogP contribution in [0.15, 0.2) is 58.9 Å². The zero-order valence-electron chi connectivity index (χ0n) is 15.7. The summed E-state index contributed by atoms with van der Waals surface area (Å²) in [7, 11) is 3.22. The Hall–Kier alpha value is -2.33. The molecule has 3 N–H and O–H groups in total. The molecule has 8 heteroatoms. The molecule has 0 aliphatic heterocycles. The second kappa shape index (κ2) is 10.9. The second-order valence-electron chi connectivity index (χ2n) is 5.74.